The summed E-state index contributed by atoms with van der Waals surface area (Å²) in [6, 6.07) is 27.8. The molecule has 0 spiro atoms. The van der Waals surface area contributed by atoms with E-state index in [1.54, 1.807) is 0 Å². The summed E-state index contributed by atoms with van der Waals surface area (Å²) in [4.78, 5) is 37.3. The second-order valence-corrected chi connectivity index (χ2v) is 23.6. The van der Waals surface area contributed by atoms with Crippen molar-refractivity contribution >= 4 is 22.2 Å². The number of aliphatic hydroxyl groups excluding tert-OH is 2. The summed E-state index contributed by atoms with van der Waals surface area (Å²) in [5.74, 6) is 2.48. The van der Waals surface area contributed by atoms with E-state index in [1.807, 2.05) is 85.8 Å². The van der Waals surface area contributed by atoms with Crippen molar-refractivity contribution in [2.75, 3.05) is 86.0 Å². The van der Waals surface area contributed by atoms with Crippen LogP contribution in [0.15, 0.2) is 102 Å². The molecule has 464 valence electrons. The van der Waals surface area contributed by atoms with Gasteiger partial charge in [-0.3, -0.25) is 9.68 Å². The van der Waals surface area contributed by atoms with Gasteiger partial charge in [-0.05, 0) is 99.2 Å². The van der Waals surface area contributed by atoms with E-state index >= 15 is 0 Å². The Morgan fingerprint density at radius 1 is 0.588 bits per heavy atom. The lowest BCUT2D eigenvalue weighted by molar-refractivity contribution is -0.170. The van der Waals surface area contributed by atoms with Gasteiger partial charge in [0.15, 0.2) is 35.6 Å². The van der Waals surface area contributed by atoms with Crippen LogP contribution in [0.4, 0.5) is 9.59 Å². The van der Waals surface area contributed by atoms with Crippen LogP contribution in [0, 0.1) is 18.8 Å². The Kier molecular flexibility index (Phi) is 22.4. The van der Waals surface area contributed by atoms with Crippen LogP contribution in [0.2, 0.25) is 0 Å². The van der Waals surface area contributed by atoms with Gasteiger partial charge in [0.1, 0.15) is 25.4 Å². The molecule has 0 bridgehead atoms. The molecule has 0 saturated carbocycles. The quantitative estimate of drug-likeness (QED) is 0.0737. The van der Waals surface area contributed by atoms with Gasteiger partial charge in [-0.25, -0.2) is 18.0 Å². The lowest BCUT2D eigenvalue weighted by Crippen LogP contribution is -2.52. The fourth-order valence-corrected chi connectivity index (χ4v) is 12.3. The molecule has 0 unspecified atom stereocenters. The Balaban J connectivity index is 0.000000165. The third kappa shape index (κ3) is 17.4. The maximum atomic E-state index is 13.9. The molecule has 8 aliphatic heterocycles. The summed E-state index contributed by atoms with van der Waals surface area (Å²) < 4.78 is 94.2. The van der Waals surface area contributed by atoms with Crippen molar-refractivity contribution in [3.05, 3.63) is 114 Å². The molecule has 6 fully saturated rings. The number of nitrogens with one attached hydrogen (secondary N) is 3. The number of hydrogen-bond acceptors (Lipinski definition) is 21. The molecule has 8 heterocycles. The molecule has 85 heavy (non-hydrogen) atoms. The van der Waals surface area contributed by atoms with Crippen molar-refractivity contribution in [1.29, 1.82) is 0 Å². The number of rotatable bonds is 20. The van der Waals surface area contributed by atoms with Gasteiger partial charge in [-0.15, -0.1) is 0 Å². The number of nitrogens with zero attached hydrogens (tertiary/aromatic N) is 1. The van der Waals surface area contributed by atoms with Gasteiger partial charge in [0.05, 0.1) is 86.2 Å². The molecule has 5 N–H and O–H groups in total. The highest BCUT2D eigenvalue weighted by Crippen LogP contribution is 2.37. The van der Waals surface area contributed by atoms with Gasteiger partial charge in [-0.1, -0.05) is 71.2 Å². The zero-order chi connectivity index (χ0) is 59.0. The van der Waals surface area contributed by atoms with E-state index in [-0.39, 0.29) is 67.9 Å². The van der Waals surface area contributed by atoms with Crippen LogP contribution in [0.1, 0.15) is 55.2 Å². The average molecular weight is 1210 g/mol. The summed E-state index contributed by atoms with van der Waals surface area (Å²) in [5.41, 5.74) is 5.90. The molecule has 4 aromatic rings. The van der Waals surface area contributed by atoms with Crippen LogP contribution in [-0.4, -0.2) is 183 Å². The minimum Gasteiger partial charge on any atom is -0.486 e. The number of carbonyl (C=O) groups excluding carboxylic acids is 2. The first-order chi connectivity index (χ1) is 41.4. The topological polar surface area (TPSA) is 277 Å². The highest BCUT2D eigenvalue weighted by atomic mass is 32.2. The Hall–Kier alpha value is -5.91. The van der Waals surface area contributed by atoms with E-state index in [0.717, 1.165) is 52.8 Å². The Labute approximate surface area is 494 Å². The molecule has 0 radical (unpaired) electrons. The van der Waals surface area contributed by atoms with Crippen molar-refractivity contribution < 1.29 is 94.7 Å². The molecule has 6 saturated heterocycles. The second-order valence-electron chi connectivity index (χ2n) is 21.8. The van der Waals surface area contributed by atoms with E-state index in [9.17, 15) is 28.2 Å². The van der Waals surface area contributed by atoms with Crippen LogP contribution < -0.4 is 35.1 Å². The number of hydrogen-bond donors (Lipinski definition) is 5. The summed E-state index contributed by atoms with van der Waals surface area (Å²) in [6.45, 7) is 6.97. The molecule has 24 nitrogen and oxygen atoms in total. The van der Waals surface area contributed by atoms with Gasteiger partial charge in [0.2, 0.25) is 6.79 Å². The minimum absolute atomic E-state index is 0.00974. The fraction of sp³-hybridized carbons (Fsp3) is 0.567. The number of aryl methyl sites for hydroxylation is 1. The number of amides is 2. The lowest BCUT2D eigenvalue weighted by Gasteiger charge is -2.32. The first kappa shape index (κ1) is 62.2. The maximum absolute atomic E-state index is 13.9. The van der Waals surface area contributed by atoms with Crippen LogP contribution >= 0.6 is 0 Å². The van der Waals surface area contributed by atoms with E-state index in [2.05, 4.69) is 16.1 Å². The smallest absolute Gasteiger partial charge is 0.407 e. The predicted molar refractivity (Wildman–Crippen MR) is 301 cm³/mol. The molecule has 10 atom stereocenters. The lowest BCUT2D eigenvalue weighted by atomic mass is 10.0. The first-order valence-corrected chi connectivity index (χ1v) is 30.7. The number of sulfonamides is 1. The van der Waals surface area contributed by atoms with Gasteiger partial charge < -0.3 is 77.7 Å². The first-order valence-electron chi connectivity index (χ1n) is 29.3. The van der Waals surface area contributed by atoms with Gasteiger partial charge >= 0.3 is 12.2 Å². The van der Waals surface area contributed by atoms with E-state index in [0.29, 0.717) is 90.2 Å². The molecule has 0 aromatic heterocycles. The molecule has 4 aromatic carbocycles. The number of fused-ring (bicyclic) bond motifs is 4. The number of carbonyl (C=O) groups is 2. The Morgan fingerprint density at radius 2 is 1.11 bits per heavy atom. The van der Waals surface area contributed by atoms with E-state index in [1.165, 1.54) is 23.8 Å². The van der Waals surface area contributed by atoms with Crippen LogP contribution in [0.5, 0.6) is 23.0 Å². The average Bonchev–Trinajstić information content (AvgIpc) is 4.34. The van der Waals surface area contributed by atoms with Gasteiger partial charge in [0.25, 0.3) is 10.0 Å². The highest BCUT2D eigenvalue weighted by Gasteiger charge is 2.46. The Morgan fingerprint density at radius 3 is 1.71 bits per heavy atom. The SMILES string of the molecule is Cc1ccc2c(c1)OCCO2.O=C(N[C@@H](Cc1ccccc1)[C@H](O)CN(OC1CCOCC1)S(=O)(=O)c1ccc2c(c1)OCO2)O[C@H]1CO[C@H]2OCC[C@H]21.O=C(N[C@@H](Cc1ccccc1)[C@H](O)CNOC1CCOCC1)O[C@H]1CO[C@H]2OCC[C@H]21. The molecule has 12 rings (SSSR count). The molecular formula is C60H78N4O20S. The van der Waals surface area contributed by atoms with Crippen LogP contribution in [0.25, 0.3) is 0 Å². The van der Waals surface area contributed by atoms with Crippen molar-refractivity contribution in [3.63, 3.8) is 0 Å². The summed E-state index contributed by atoms with van der Waals surface area (Å²) >= 11 is 0. The third-order valence-corrected chi connectivity index (χ3v) is 17.3. The van der Waals surface area contributed by atoms with Crippen molar-refractivity contribution in [1.82, 2.24) is 20.6 Å². The monoisotopic (exact) mass is 1210 g/mol. The molecule has 25 heteroatoms. The van der Waals surface area contributed by atoms with E-state index < -0.39 is 65.3 Å². The highest BCUT2D eigenvalue weighted by molar-refractivity contribution is 7.89. The number of aliphatic hydroxyl groups is 2. The standard InChI is InChI=1S/C29H36N2O11S.C22H32N2O7.C9H10O2/c32-24(23(14-19-4-2-1-3-5-19)30-29(33)41-27-17-38-28-22(27)10-13-37-28)16-31(42-20-8-11-36-12-9-20)43(34,35)21-6-7-25-26(15-21)40-18-39-25;25-19(13-23-31-16-6-9-27-10-7-16)18(12-15-4-2-1-3-5-15)24-22(26)30-20-14-29-21-17(20)8-11-28-21;1-7-2-3-8-9(6-7)11-5-4-10-8/h1-7,15,20,22-24,27-28,32H,8-14,16-18H2,(H,30,33);1-5,16-21,23,25H,6-14H2,(H,24,26);2-3,6H,4-5H2,1H3/t22-,23-,24+,27-,28+;17-,18-,19+,20-,21+;/m00./s1. The van der Waals surface area contributed by atoms with Crippen molar-refractivity contribution in [2.24, 2.45) is 11.8 Å². The number of alkyl carbamates (subject to hydrolysis) is 2. The predicted octanol–water partition coefficient (Wildman–Crippen LogP) is 4.89. The summed E-state index contributed by atoms with van der Waals surface area (Å²) in [5, 5.41) is 27.9. The molecule has 2 amide bonds. The normalized spacial score (nSPS) is 24.8. The number of ether oxygens (including phenoxy) is 12. The second kappa shape index (κ2) is 30.6. The summed E-state index contributed by atoms with van der Waals surface area (Å²) in [6.07, 6.45) is -0.614. The van der Waals surface area contributed by atoms with Gasteiger partial charge in [0, 0.05) is 39.0 Å². The van der Waals surface area contributed by atoms with Crippen molar-refractivity contribution in [2.45, 2.75) is 124 Å². The Bertz CT molecular complexity index is 2850. The van der Waals surface area contributed by atoms with E-state index in [4.69, 9.17) is 66.5 Å². The zero-order valence-electron chi connectivity index (χ0n) is 47.6. The van der Waals surface area contributed by atoms with Gasteiger partial charge in [-0.2, -0.15) is 5.48 Å². The third-order valence-electron chi connectivity index (χ3n) is 15.7. The van der Waals surface area contributed by atoms with Crippen molar-refractivity contribution in [3.8, 4) is 23.0 Å². The largest absolute Gasteiger partial charge is 0.486 e. The molecule has 8 aliphatic rings. The summed E-state index contributed by atoms with van der Waals surface area (Å²) in [7, 11) is -4.28. The van der Waals surface area contributed by atoms with Crippen LogP contribution in [-0.2, 0) is 70.4 Å². The number of hydroxylamine groups is 2. The zero-order valence-corrected chi connectivity index (χ0v) is 48.4. The molecular weight excluding hydrogens is 1130 g/mol. The minimum atomic E-state index is -4.28. The fourth-order valence-electron chi connectivity index (χ4n) is 11.0. The number of benzene rings is 4. The van der Waals surface area contributed by atoms with Crippen LogP contribution in [0.3, 0.4) is 0 Å². The maximum Gasteiger partial charge on any atom is 0.407 e. The molecule has 0 aliphatic carbocycles.